The molecule has 6 rings (SSSR count). The van der Waals surface area contributed by atoms with Crippen LogP contribution < -0.4 is 38.5 Å². The average molecular weight is 939 g/mol. The van der Waals surface area contributed by atoms with Crippen molar-refractivity contribution >= 4 is 59.8 Å². The molecule has 0 saturated carbocycles. The number of benzene rings is 5. The highest BCUT2D eigenvalue weighted by Gasteiger charge is 2.28. The molecule has 12 nitrogen and oxygen atoms in total. The molecule has 2 amide bonds. The second-order valence-electron chi connectivity index (χ2n) is 14.0. The van der Waals surface area contributed by atoms with Gasteiger partial charge in [0.05, 0.1) is 58.0 Å². The van der Waals surface area contributed by atoms with Crippen molar-refractivity contribution < 1.29 is 46.2 Å². The van der Waals surface area contributed by atoms with Gasteiger partial charge in [0.1, 0.15) is 48.1 Å². The first kappa shape index (κ1) is 57.4. The first-order valence-electron chi connectivity index (χ1n) is 20.6. The van der Waals surface area contributed by atoms with Gasteiger partial charge >= 0.3 is 0 Å². The number of nitrogens with one attached hydrogen (secondary N) is 2. The fourth-order valence-electron chi connectivity index (χ4n) is 5.58. The molecule has 2 N–H and O–H groups in total. The summed E-state index contributed by atoms with van der Waals surface area (Å²) in [5, 5.41) is 5.60. The van der Waals surface area contributed by atoms with Gasteiger partial charge in [-0.15, -0.1) is 0 Å². The monoisotopic (exact) mass is 938 g/mol. The number of anilines is 4. The van der Waals surface area contributed by atoms with Gasteiger partial charge in [0.15, 0.2) is 0 Å². The maximum atomic E-state index is 13.3. The van der Waals surface area contributed by atoms with Gasteiger partial charge < -0.3 is 39.5 Å². The van der Waals surface area contributed by atoms with Crippen LogP contribution in [0.2, 0.25) is 0 Å². The number of carbonyl (C=O) groups excluding carboxylic acids is 4. The molecule has 0 radical (unpaired) electrons. The van der Waals surface area contributed by atoms with Gasteiger partial charge in [-0.2, -0.15) is 0 Å². The van der Waals surface area contributed by atoms with E-state index in [1.54, 1.807) is 34.4 Å². The quantitative estimate of drug-likeness (QED) is 0.0597. The number of nitrogens with zero attached hydrogens (tertiary/aromatic N) is 4. The highest BCUT2D eigenvalue weighted by molar-refractivity contribution is 8.02. The fourth-order valence-corrected chi connectivity index (χ4v) is 6.61. The molecule has 17 heteroatoms. The second-order valence-corrected chi connectivity index (χ2v) is 15.0. The van der Waals surface area contributed by atoms with Gasteiger partial charge in [0.25, 0.3) is 0 Å². The molecule has 0 spiro atoms. The van der Waals surface area contributed by atoms with E-state index in [-0.39, 0.29) is 30.9 Å². The van der Waals surface area contributed by atoms with Gasteiger partial charge in [0.2, 0.25) is 12.3 Å². The van der Waals surface area contributed by atoms with Crippen molar-refractivity contribution in [3.05, 3.63) is 144 Å². The molecule has 1 unspecified atom stereocenters. The van der Waals surface area contributed by atoms with Gasteiger partial charge in [0, 0.05) is 44.6 Å². The summed E-state index contributed by atoms with van der Waals surface area (Å²) in [5.74, 6) is 0.285. The molecule has 1 atom stereocenters. The van der Waals surface area contributed by atoms with E-state index in [9.17, 15) is 36.7 Å². The van der Waals surface area contributed by atoms with Crippen LogP contribution in [0, 0.1) is 17.5 Å². The van der Waals surface area contributed by atoms with Crippen LogP contribution in [0.1, 0.15) is 25.0 Å². The van der Waals surface area contributed by atoms with Crippen LogP contribution in [-0.4, -0.2) is 100 Å². The molecule has 1 heterocycles. The van der Waals surface area contributed by atoms with Crippen molar-refractivity contribution in [3.63, 3.8) is 0 Å². The Labute approximate surface area is 391 Å². The van der Waals surface area contributed by atoms with Crippen molar-refractivity contribution in [1.29, 1.82) is 0 Å². The molecule has 66 heavy (non-hydrogen) atoms. The van der Waals surface area contributed by atoms with Gasteiger partial charge in [-0.25, -0.2) is 13.2 Å². The number of amides is 2. The van der Waals surface area contributed by atoms with E-state index in [0.29, 0.717) is 32.1 Å². The molecule has 5 aromatic carbocycles. The van der Waals surface area contributed by atoms with Crippen molar-refractivity contribution in [3.8, 4) is 11.5 Å². The van der Waals surface area contributed by atoms with E-state index in [1.165, 1.54) is 47.0 Å². The average Bonchev–Trinajstić information content (AvgIpc) is 3.66. The number of likely N-dealkylation sites (N-methyl/N-ethyl adjacent to an activating group) is 1. The first-order valence-corrected chi connectivity index (χ1v) is 21.3. The number of para-hydroxylation sites is 2. The van der Waals surface area contributed by atoms with Crippen molar-refractivity contribution in [2.75, 3.05) is 87.6 Å². The predicted molar refractivity (Wildman–Crippen MR) is 260 cm³/mol. The third kappa shape index (κ3) is 21.9. The number of hydrogen-bond donors (Lipinski definition) is 2. The molecule has 0 bridgehead atoms. The Kier molecular flexibility index (Phi) is 28.7. The van der Waals surface area contributed by atoms with E-state index >= 15 is 0 Å². The summed E-state index contributed by atoms with van der Waals surface area (Å²) >= 11 is 1.35. The lowest BCUT2D eigenvalue weighted by Crippen LogP contribution is -2.40. The van der Waals surface area contributed by atoms with Crippen LogP contribution in [0.15, 0.2) is 115 Å². The second kappa shape index (κ2) is 33.0. The minimum absolute atomic E-state index is 0.113. The number of hydrogen-bond acceptors (Lipinski definition) is 11. The van der Waals surface area contributed by atoms with Crippen LogP contribution in [-0.2, 0) is 32.0 Å². The van der Waals surface area contributed by atoms with Crippen molar-refractivity contribution in [1.82, 2.24) is 10.6 Å². The van der Waals surface area contributed by atoms with E-state index in [4.69, 9.17) is 9.47 Å². The van der Waals surface area contributed by atoms with Gasteiger partial charge in [-0.1, -0.05) is 31.2 Å². The molecule has 0 aromatic heterocycles. The zero-order valence-electron chi connectivity index (χ0n) is 39.0. The van der Waals surface area contributed by atoms with Gasteiger partial charge in [-0.05, 0) is 123 Å². The standard InChI is InChI=1S/C19H20FN3O2S.C9H11NO2.C9H13NO.C8H8F2.C3H7NO.CH3F/c1-14(11-15-5-4-6-16(20)12-15)21-19(25)13-23-18-8-3-2-7-17(18)22(26-23)9-10-24;1-10(7-11)8-3-5-9(12-2)6-4-8;1-10(2)8-4-6-9(11-3)7-5-8;1-2-6-3-7(9)5-8(10)4-6;1-4-2-3-5;1-2/h2-8,10,12,14H,9,11,13H2,1H3,(H,21,25);3-7H,1-2H3;4-7H,1-3H3;3-5H,2H2,1H3;3-4H,2H2,1H3;1H3. The van der Waals surface area contributed by atoms with Gasteiger partial charge in [-0.3, -0.25) is 22.6 Å². The van der Waals surface area contributed by atoms with Crippen LogP contribution in [0.25, 0.3) is 0 Å². The highest BCUT2D eigenvalue weighted by atomic mass is 32.2. The van der Waals surface area contributed by atoms with Crippen molar-refractivity contribution in [2.24, 2.45) is 0 Å². The number of carbonyl (C=O) groups is 4. The Morgan fingerprint density at radius 3 is 1.68 bits per heavy atom. The molecular formula is C49H62F4N6O6S. The third-order valence-electron chi connectivity index (χ3n) is 8.83. The number of rotatable bonds is 15. The van der Waals surface area contributed by atoms with Crippen LogP contribution in [0.3, 0.4) is 0 Å². The smallest absolute Gasteiger partial charge is 0.240 e. The number of ether oxygens (including phenoxy) is 2. The zero-order valence-corrected chi connectivity index (χ0v) is 39.8. The molecule has 0 aliphatic carbocycles. The van der Waals surface area contributed by atoms with E-state index < -0.39 is 11.6 Å². The Bertz CT molecular complexity index is 2130. The molecule has 0 saturated heterocycles. The molecular weight excluding hydrogens is 877 g/mol. The maximum absolute atomic E-state index is 13.3. The Morgan fingerprint density at radius 1 is 0.712 bits per heavy atom. The van der Waals surface area contributed by atoms with Crippen molar-refractivity contribution in [2.45, 2.75) is 32.7 Å². The number of methoxy groups -OCH3 is 2. The summed E-state index contributed by atoms with van der Waals surface area (Å²) in [6.45, 7) is 4.64. The summed E-state index contributed by atoms with van der Waals surface area (Å²) in [6, 6.07) is 32.7. The van der Waals surface area contributed by atoms with Crippen LogP contribution >= 0.6 is 12.1 Å². The normalized spacial score (nSPS) is 10.9. The summed E-state index contributed by atoms with van der Waals surface area (Å²) in [5.41, 5.74) is 5.41. The Balaban J connectivity index is 0.000000456. The summed E-state index contributed by atoms with van der Waals surface area (Å²) < 4.78 is 61.2. The van der Waals surface area contributed by atoms with Crippen LogP contribution in [0.5, 0.6) is 11.5 Å². The van der Waals surface area contributed by atoms with E-state index in [1.807, 2.05) is 115 Å². The minimum Gasteiger partial charge on any atom is -0.497 e. The first-order chi connectivity index (χ1) is 31.7. The molecule has 1 aliphatic heterocycles. The summed E-state index contributed by atoms with van der Waals surface area (Å²) in [7, 11) is 11.2. The number of alkyl halides is 1. The topological polar surface area (TPSA) is 124 Å². The summed E-state index contributed by atoms with van der Waals surface area (Å²) in [6.07, 6.45) is 3.65. The van der Waals surface area contributed by atoms with E-state index in [2.05, 4.69) is 15.5 Å². The maximum Gasteiger partial charge on any atom is 0.240 e. The molecule has 0 fully saturated rings. The Morgan fingerprint density at radius 2 is 1.24 bits per heavy atom. The predicted octanol–water partition coefficient (Wildman–Crippen LogP) is 8.53. The van der Waals surface area contributed by atoms with E-state index in [0.717, 1.165) is 59.2 Å². The fraction of sp³-hybridized carbons (Fsp3) is 0.306. The van der Waals surface area contributed by atoms with Crippen LogP contribution in [0.4, 0.5) is 40.3 Å². The zero-order chi connectivity index (χ0) is 49.4. The summed E-state index contributed by atoms with van der Waals surface area (Å²) in [4.78, 5) is 46.5. The lowest BCUT2D eigenvalue weighted by atomic mass is 10.1. The SMILES string of the molecule is CC(Cc1cccc(F)c1)NC(=O)CN1SN(CC=O)c2ccccc21.CCc1cc(F)cc(F)c1.CF.CNCC=O.COc1ccc(N(C)C)cc1.COc1ccc(N(C)C=O)cc1. The molecule has 5 aromatic rings. The third-order valence-corrected chi connectivity index (χ3v) is 9.89. The minimum atomic E-state index is -0.503. The molecule has 1 aliphatic rings. The lowest BCUT2D eigenvalue weighted by Gasteiger charge is -2.20. The number of halogens is 4. The highest BCUT2D eigenvalue weighted by Crippen LogP contribution is 2.43. The lowest BCUT2D eigenvalue weighted by molar-refractivity contribution is -0.120. The number of aldehydes is 2. The largest absolute Gasteiger partial charge is 0.497 e. The number of fused-ring (bicyclic) bond motifs is 1. The Hall–Kier alpha value is -6.59. The number of aryl methyl sites for hydroxylation is 1. The molecule has 358 valence electrons.